The Balaban J connectivity index is 1.77. The number of hydrogen-bond acceptors (Lipinski definition) is 5. The van der Waals surface area contributed by atoms with Gasteiger partial charge in [0.2, 0.25) is 0 Å². The molecule has 0 aromatic heterocycles. The van der Waals surface area contributed by atoms with Gasteiger partial charge in [-0.3, -0.25) is 10.1 Å². The molecule has 0 bridgehead atoms. The van der Waals surface area contributed by atoms with E-state index in [0.29, 0.717) is 6.42 Å². The first-order valence-electron chi connectivity index (χ1n) is 7.47. The van der Waals surface area contributed by atoms with Gasteiger partial charge in [0.15, 0.2) is 0 Å². The van der Waals surface area contributed by atoms with Crippen LogP contribution < -0.4 is 5.32 Å². The monoisotopic (exact) mass is 340 g/mol. The summed E-state index contributed by atoms with van der Waals surface area (Å²) in [5, 5.41) is 22.7. The van der Waals surface area contributed by atoms with Gasteiger partial charge < -0.3 is 15.2 Å². The van der Waals surface area contributed by atoms with Crippen LogP contribution in [0.1, 0.15) is 17.5 Å². The molecule has 0 heterocycles. The van der Waals surface area contributed by atoms with Crippen LogP contribution in [-0.4, -0.2) is 22.7 Å². The predicted octanol–water partition coefficient (Wildman–Crippen LogP) is 2.97. The summed E-state index contributed by atoms with van der Waals surface area (Å²) < 4.78 is 5.04. The van der Waals surface area contributed by atoms with Crippen LogP contribution in [0.2, 0.25) is 0 Å². The standard InChI is InChI=1S/C18H16N2O5/c21-16-10-9-15(17(12-16)20(23)24)8-4-5-11-19-18(22)25-13-14-6-2-1-3-7-14/h1-3,6-7,9-10,12,21H,5,11,13H2,(H,19,22). The smallest absolute Gasteiger partial charge is 0.407 e. The molecule has 2 aromatic carbocycles. The van der Waals surface area contributed by atoms with Crippen molar-refractivity contribution in [2.24, 2.45) is 0 Å². The Bertz CT molecular complexity index is 809. The number of alkyl carbamates (subject to hydrolysis) is 1. The van der Waals surface area contributed by atoms with E-state index in [4.69, 9.17) is 4.74 Å². The number of aromatic hydroxyl groups is 1. The number of benzene rings is 2. The molecule has 2 rings (SSSR count). The van der Waals surface area contributed by atoms with Crippen LogP contribution in [-0.2, 0) is 11.3 Å². The molecule has 128 valence electrons. The van der Waals surface area contributed by atoms with Crippen molar-refractivity contribution in [3.63, 3.8) is 0 Å². The van der Waals surface area contributed by atoms with Crippen molar-refractivity contribution >= 4 is 11.8 Å². The Kier molecular flexibility index (Phi) is 6.37. The molecule has 0 aliphatic heterocycles. The number of phenols is 1. The molecule has 2 aromatic rings. The number of carbonyl (C=O) groups excluding carboxylic acids is 1. The first-order valence-corrected chi connectivity index (χ1v) is 7.47. The van der Waals surface area contributed by atoms with Crippen LogP contribution in [0, 0.1) is 22.0 Å². The van der Waals surface area contributed by atoms with Gasteiger partial charge in [-0.25, -0.2) is 4.79 Å². The maximum absolute atomic E-state index is 11.5. The van der Waals surface area contributed by atoms with E-state index in [1.807, 2.05) is 30.3 Å². The molecule has 0 saturated carbocycles. The summed E-state index contributed by atoms with van der Waals surface area (Å²) >= 11 is 0. The fraction of sp³-hybridized carbons (Fsp3) is 0.167. The summed E-state index contributed by atoms with van der Waals surface area (Å²) in [7, 11) is 0. The summed E-state index contributed by atoms with van der Waals surface area (Å²) in [6.45, 7) is 0.435. The van der Waals surface area contributed by atoms with Crippen molar-refractivity contribution in [3.8, 4) is 17.6 Å². The third kappa shape index (κ3) is 5.88. The number of rotatable bonds is 5. The molecule has 0 spiro atoms. The quantitative estimate of drug-likeness (QED) is 0.377. The fourth-order valence-corrected chi connectivity index (χ4v) is 1.94. The van der Waals surface area contributed by atoms with E-state index in [2.05, 4.69) is 17.2 Å². The van der Waals surface area contributed by atoms with Gasteiger partial charge in [0.05, 0.1) is 11.0 Å². The minimum atomic E-state index is -0.608. The molecular weight excluding hydrogens is 324 g/mol. The fourth-order valence-electron chi connectivity index (χ4n) is 1.94. The number of nitrogens with zero attached hydrogens (tertiary/aromatic N) is 1. The van der Waals surface area contributed by atoms with E-state index in [0.717, 1.165) is 11.6 Å². The summed E-state index contributed by atoms with van der Waals surface area (Å²) in [5.41, 5.74) is 0.828. The zero-order chi connectivity index (χ0) is 18.1. The second-order valence-corrected chi connectivity index (χ2v) is 5.00. The summed E-state index contributed by atoms with van der Waals surface area (Å²) in [6.07, 6.45) is -0.250. The minimum Gasteiger partial charge on any atom is -0.508 e. The summed E-state index contributed by atoms with van der Waals surface area (Å²) in [4.78, 5) is 21.8. The van der Waals surface area contributed by atoms with Crippen LogP contribution in [0.3, 0.4) is 0 Å². The molecule has 0 fully saturated rings. The van der Waals surface area contributed by atoms with Gasteiger partial charge in [0.25, 0.3) is 5.69 Å². The Hall–Kier alpha value is -3.53. The van der Waals surface area contributed by atoms with Gasteiger partial charge in [0.1, 0.15) is 17.9 Å². The largest absolute Gasteiger partial charge is 0.508 e. The normalized spacial score (nSPS) is 9.60. The van der Waals surface area contributed by atoms with Gasteiger partial charge >= 0.3 is 6.09 Å². The number of carbonyl (C=O) groups is 1. The first-order chi connectivity index (χ1) is 12.1. The lowest BCUT2D eigenvalue weighted by Gasteiger charge is -2.05. The highest BCUT2D eigenvalue weighted by molar-refractivity contribution is 5.67. The third-order valence-corrected chi connectivity index (χ3v) is 3.13. The molecular formula is C18H16N2O5. The van der Waals surface area contributed by atoms with E-state index < -0.39 is 11.0 Å². The highest BCUT2D eigenvalue weighted by atomic mass is 16.6. The van der Waals surface area contributed by atoms with Gasteiger partial charge in [-0.05, 0) is 17.7 Å². The van der Waals surface area contributed by atoms with Gasteiger partial charge in [0, 0.05) is 13.0 Å². The zero-order valence-corrected chi connectivity index (χ0v) is 13.3. The molecule has 2 N–H and O–H groups in total. The molecule has 7 heteroatoms. The summed E-state index contributed by atoms with van der Waals surface area (Å²) in [5.74, 6) is 5.20. The van der Waals surface area contributed by atoms with Gasteiger partial charge in [-0.1, -0.05) is 42.2 Å². The first kappa shape index (κ1) is 17.8. The Labute approximate surface area is 144 Å². The van der Waals surface area contributed by atoms with Crippen molar-refractivity contribution in [2.75, 3.05) is 6.54 Å². The van der Waals surface area contributed by atoms with Crippen molar-refractivity contribution in [3.05, 3.63) is 69.8 Å². The van der Waals surface area contributed by atoms with Crippen molar-refractivity contribution in [2.45, 2.75) is 13.0 Å². The van der Waals surface area contributed by atoms with E-state index >= 15 is 0 Å². The maximum atomic E-state index is 11.5. The lowest BCUT2D eigenvalue weighted by molar-refractivity contribution is -0.385. The molecule has 0 atom stereocenters. The Morgan fingerprint density at radius 2 is 2.00 bits per heavy atom. The van der Waals surface area contributed by atoms with E-state index in [1.54, 1.807) is 0 Å². The van der Waals surface area contributed by atoms with Gasteiger partial charge in [-0.15, -0.1) is 0 Å². The Morgan fingerprint density at radius 1 is 1.24 bits per heavy atom. The highest BCUT2D eigenvalue weighted by Crippen LogP contribution is 2.22. The average Bonchev–Trinajstić information content (AvgIpc) is 2.61. The van der Waals surface area contributed by atoms with Crippen LogP contribution >= 0.6 is 0 Å². The predicted molar refractivity (Wildman–Crippen MR) is 90.9 cm³/mol. The second-order valence-electron chi connectivity index (χ2n) is 5.00. The number of amides is 1. The number of phenolic OH excluding ortho intramolecular Hbond substituents is 1. The van der Waals surface area contributed by atoms with E-state index in [-0.39, 0.29) is 30.2 Å². The number of nitrogens with one attached hydrogen (secondary N) is 1. The number of ether oxygens (including phenoxy) is 1. The minimum absolute atomic E-state index is 0.179. The summed E-state index contributed by atoms with van der Waals surface area (Å²) in [6, 6.07) is 13.0. The van der Waals surface area contributed by atoms with Crippen molar-refractivity contribution < 1.29 is 19.6 Å². The second kappa shape index (κ2) is 8.93. The number of nitro groups is 1. The van der Waals surface area contributed by atoms with Crippen LogP contribution in [0.4, 0.5) is 10.5 Å². The van der Waals surface area contributed by atoms with Crippen LogP contribution in [0.25, 0.3) is 0 Å². The third-order valence-electron chi connectivity index (χ3n) is 3.13. The molecule has 0 aliphatic rings. The van der Waals surface area contributed by atoms with Crippen LogP contribution in [0.15, 0.2) is 48.5 Å². The molecule has 25 heavy (non-hydrogen) atoms. The molecule has 0 unspecified atom stereocenters. The maximum Gasteiger partial charge on any atom is 0.407 e. The van der Waals surface area contributed by atoms with Crippen LogP contribution in [0.5, 0.6) is 5.75 Å². The molecule has 7 nitrogen and oxygen atoms in total. The molecule has 0 aliphatic carbocycles. The van der Waals surface area contributed by atoms with E-state index in [1.165, 1.54) is 12.1 Å². The van der Waals surface area contributed by atoms with Crippen molar-refractivity contribution in [1.82, 2.24) is 5.32 Å². The van der Waals surface area contributed by atoms with E-state index in [9.17, 15) is 20.0 Å². The van der Waals surface area contributed by atoms with Crippen molar-refractivity contribution in [1.29, 1.82) is 0 Å². The topological polar surface area (TPSA) is 102 Å². The lowest BCUT2D eigenvalue weighted by atomic mass is 10.1. The highest BCUT2D eigenvalue weighted by Gasteiger charge is 2.12. The molecule has 0 radical (unpaired) electrons. The average molecular weight is 340 g/mol. The Morgan fingerprint density at radius 3 is 2.72 bits per heavy atom. The molecule has 0 saturated heterocycles. The molecule has 1 amide bonds. The number of hydrogen-bond donors (Lipinski definition) is 2. The SMILES string of the molecule is O=C(NCCC#Cc1ccc(O)cc1[N+](=O)[O-])OCc1ccccc1. The zero-order valence-electron chi connectivity index (χ0n) is 13.3. The van der Waals surface area contributed by atoms with Gasteiger partial charge in [-0.2, -0.15) is 0 Å². The number of nitro benzene ring substituents is 1. The lowest BCUT2D eigenvalue weighted by Crippen LogP contribution is -2.24.